The number of nitrogens with one attached hydrogen (secondary N) is 2. The maximum Gasteiger partial charge on any atom is 0.404 e. The molecule has 2 aromatic heterocycles. The highest BCUT2D eigenvalue weighted by Gasteiger charge is 2.17. The molecule has 0 aliphatic rings. The number of hydrogen-bond donors (Lipinski definition) is 3. The number of aromatic nitrogens is 3. The topological polar surface area (TPSA) is 92.1 Å². The van der Waals surface area contributed by atoms with Crippen molar-refractivity contribution in [1.82, 2.24) is 20.1 Å². The van der Waals surface area contributed by atoms with Crippen LogP contribution in [0.2, 0.25) is 0 Å². The Hall–Kier alpha value is -3.35. The predicted octanol–water partition coefficient (Wildman–Crippen LogP) is 4.56. The molecule has 0 spiro atoms. The van der Waals surface area contributed by atoms with E-state index in [9.17, 15) is 4.79 Å². The lowest BCUT2D eigenvalue weighted by Crippen LogP contribution is -2.24. The Balaban J connectivity index is 1.77. The maximum atomic E-state index is 10.6. The zero-order chi connectivity index (χ0) is 21.0. The first-order valence-electron chi connectivity index (χ1n) is 9.60. The van der Waals surface area contributed by atoms with Gasteiger partial charge in [-0.05, 0) is 57.9 Å². The smallest absolute Gasteiger partial charge is 0.404 e. The van der Waals surface area contributed by atoms with Crippen LogP contribution in [0.5, 0.6) is 0 Å². The molecule has 2 heterocycles. The van der Waals surface area contributed by atoms with Crippen molar-refractivity contribution in [1.29, 1.82) is 0 Å². The first-order valence-corrected chi connectivity index (χ1v) is 9.60. The highest BCUT2D eigenvalue weighted by atomic mass is 16.4. The van der Waals surface area contributed by atoms with E-state index in [-0.39, 0.29) is 5.54 Å². The fraction of sp³-hybridized carbons (Fsp3) is 0.318. The number of aryl methyl sites for hydroxylation is 1. The number of nitrogens with zero attached hydrogens (tertiary/aromatic N) is 3. The quantitative estimate of drug-likeness (QED) is 0.571. The molecule has 7 nitrogen and oxygen atoms in total. The molecule has 1 amide bonds. The number of pyridine rings is 1. The predicted molar refractivity (Wildman–Crippen MR) is 115 cm³/mol. The summed E-state index contributed by atoms with van der Waals surface area (Å²) in [4.78, 5) is 15.3. The standard InChI is InChI=1S/C22H27N5O2/c1-15-13-20(26-27(15)22(2,3)4)25-19-10-6-9-18(24-19)17-8-5-7-16(14-17)11-12-23-21(28)29/h5-10,13-14,23H,11-12H2,1-4H3,(H,28,29)(H,24,25,26). The Labute approximate surface area is 170 Å². The van der Waals surface area contributed by atoms with E-state index in [0.29, 0.717) is 13.0 Å². The minimum absolute atomic E-state index is 0.0881. The number of carboxylic acid groups (broad SMARTS) is 1. The summed E-state index contributed by atoms with van der Waals surface area (Å²) in [7, 11) is 0. The number of benzene rings is 1. The molecular formula is C22H27N5O2. The van der Waals surface area contributed by atoms with Crippen LogP contribution in [0.15, 0.2) is 48.5 Å². The summed E-state index contributed by atoms with van der Waals surface area (Å²) in [6.07, 6.45) is -0.382. The molecule has 3 rings (SSSR count). The molecule has 0 radical (unpaired) electrons. The van der Waals surface area contributed by atoms with Gasteiger partial charge in [-0.2, -0.15) is 5.10 Å². The van der Waals surface area contributed by atoms with Gasteiger partial charge < -0.3 is 15.7 Å². The van der Waals surface area contributed by atoms with Gasteiger partial charge in [-0.15, -0.1) is 0 Å². The highest BCUT2D eigenvalue weighted by Crippen LogP contribution is 2.24. The molecule has 1 aromatic carbocycles. The SMILES string of the molecule is Cc1cc(Nc2cccc(-c3cccc(CCNC(=O)O)c3)n2)nn1C(C)(C)C. The zero-order valence-electron chi connectivity index (χ0n) is 17.2. The van der Waals surface area contributed by atoms with Crippen molar-refractivity contribution in [2.45, 2.75) is 39.7 Å². The van der Waals surface area contributed by atoms with Gasteiger partial charge in [-0.25, -0.2) is 9.78 Å². The number of amides is 1. The van der Waals surface area contributed by atoms with Crippen molar-refractivity contribution < 1.29 is 9.90 Å². The van der Waals surface area contributed by atoms with Crippen molar-refractivity contribution in [2.75, 3.05) is 11.9 Å². The van der Waals surface area contributed by atoms with Crippen molar-refractivity contribution in [2.24, 2.45) is 0 Å². The van der Waals surface area contributed by atoms with Gasteiger partial charge in [0.05, 0.1) is 11.2 Å². The highest BCUT2D eigenvalue weighted by molar-refractivity contribution is 5.65. The molecule has 0 bridgehead atoms. The maximum absolute atomic E-state index is 10.6. The fourth-order valence-electron chi connectivity index (χ4n) is 3.21. The van der Waals surface area contributed by atoms with Gasteiger partial charge in [0.25, 0.3) is 0 Å². The molecule has 7 heteroatoms. The average molecular weight is 393 g/mol. The molecule has 0 fully saturated rings. The van der Waals surface area contributed by atoms with Gasteiger partial charge in [0.15, 0.2) is 5.82 Å². The fourth-order valence-corrected chi connectivity index (χ4v) is 3.21. The third-order valence-electron chi connectivity index (χ3n) is 4.44. The largest absolute Gasteiger partial charge is 0.465 e. The van der Waals surface area contributed by atoms with Crippen LogP contribution >= 0.6 is 0 Å². The van der Waals surface area contributed by atoms with E-state index >= 15 is 0 Å². The molecule has 0 unspecified atom stereocenters. The van der Waals surface area contributed by atoms with Crippen LogP contribution in [0.4, 0.5) is 16.4 Å². The average Bonchev–Trinajstić information content (AvgIpc) is 3.02. The van der Waals surface area contributed by atoms with Gasteiger partial charge >= 0.3 is 6.09 Å². The molecule has 0 saturated carbocycles. The number of hydrogen-bond acceptors (Lipinski definition) is 4. The molecule has 3 N–H and O–H groups in total. The Bertz CT molecular complexity index is 1000. The first-order chi connectivity index (χ1) is 13.7. The van der Waals surface area contributed by atoms with E-state index in [1.165, 1.54) is 0 Å². The third kappa shape index (κ3) is 5.34. The van der Waals surface area contributed by atoms with Crippen LogP contribution in [-0.2, 0) is 12.0 Å². The minimum Gasteiger partial charge on any atom is -0.465 e. The Morgan fingerprint density at radius 2 is 1.86 bits per heavy atom. The zero-order valence-corrected chi connectivity index (χ0v) is 17.2. The molecule has 29 heavy (non-hydrogen) atoms. The molecular weight excluding hydrogens is 366 g/mol. The van der Waals surface area contributed by atoms with E-state index in [2.05, 4.69) is 36.5 Å². The Morgan fingerprint density at radius 1 is 1.10 bits per heavy atom. The van der Waals surface area contributed by atoms with Crippen molar-refractivity contribution in [3.63, 3.8) is 0 Å². The molecule has 0 aliphatic carbocycles. The normalized spacial score (nSPS) is 11.3. The Kier molecular flexibility index (Phi) is 5.87. The summed E-state index contributed by atoms with van der Waals surface area (Å²) < 4.78 is 1.99. The van der Waals surface area contributed by atoms with Gasteiger partial charge in [0.2, 0.25) is 0 Å². The first kappa shape index (κ1) is 20.4. The van der Waals surface area contributed by atoms with Gasteiger partial charge in [0.1, 0.15) is 5.82 Å². The summed E-state index contributed by atoms with van der Waals surface area (Å²) in [5, 5.41) is 19.0. The molecule has 0 saturated heterocycles. The molecule has 3 aromatic rings. The van der Waals surface area contributed by atoms with Crippen LogP contribution in [0.1, 0.15) is 32.0 Å². The summed E-state index contributed by atoms with van der Waals surface area (Å²) in [5.74, 6) is 1.48. The third-order valence-corrected chi connectivity index (χ3v) is 4.44. The summed E-state index contributed by atoms with van der Waals surface area (Å²) in [5.41, 5.74) is 3.87. The lowest BCUT2D eigenvalue weighted by Gasteiger charge is -2.21. The van der Waals surface area contributed by atoms with E-state index < -0.39 is 6.09 Å². The summed E-state index contributed by atoms with van der Waals surface area (Å²) in [6, 6.07) is 15.8. The van der Waals surface area contributed by atoms with Crippen molar-refractivity contribution in [3.8, 4) is 11.3 Å². The van der Waals surface area contributed by atoms with Crippen LogP contribution in [-0.4, -0.2) is 32.5 Å². The van der Waals surface area contributed by atoms with Gasteiger partial charge in [-0.1, -0.05) is 24.3 Å². The minimum atomic E-state index is -1.01. The number of rotatable bonds is 6. The van der Waals surface area contributed by atoms with E-state index in [1.54, 1.807) is 0 Å². The van der Waals surface area contributed by atoms with Gasteiger partial charge in [0, 0.05) is 23.9 Å². The lowest BCUT2D eigenvalue weighted by atomic mass is 10.1. The summed E-state index contributed by atoms with van der Waals surface area (Å²) in [6.45, 7) is 8.78. The van der Waals surface area contributed by atoms with Crippen LogP contribution in [0.25, 0.3) is 11.3 Å². The molecule has 0 aliphatic heterocycles. The summed E-state index contributed by atoms with van der Waals surface area (Å²) >= 11 is 0. The van der Waals surface area contributed by atoms with Crippen LogP contribution in [0, 0.1) is 6.92 Å². The van der Waals surface area contributed by atoms with E-state index in [4.69, 9.17) is 10.1 Å². The van der Waals surface area contributed by atoms with Crippen LogP contribution in [0.3, 0.4) is 0 Å². The second kappa shape index (κ2) is 8.34. The number of anilines is 2. The van der Waals surface area contributed by atoms with Crippen LogP contribution < -0.4 is 10.6 Å². The van der Waals surface area contributed by atoms with E-state index in [1.807, 2.05) is 60.1 Å². The van der Waals surface area contributed by atoms with E-state index in [0.717, 1.165) is 34.2 Å². The Morgan fingerprint density at radius 3 is 2.55 bits per heavy atom. The monoisotopic (exact) mass is 393 g/mol. The van der Waals surface area contributed by atoms with Crippen molar-refractivity contribution >= 4 is 17.7 Å². The second-order valence-corrected chi connectivity index (χ2v) is 7.97. The van der Waals surface area contributed by atoms with Crippen molar-refractivity contribution in [3.05, 3.63) is 59.8 Å². The van der Waals surface area contributed by atoms with Gasteiger partial charge in [-0.3, -0.25) is 4.68 Å². The molecule has 152 valence electrons. The lowest BCUT2D eigenvalue weighted by molar-refractivity contribution is 0.194. The second-order valence-electron chi connectivity index (χ2n) is 7.97. The molecule has 0 atom stereocenters. The number of carbonyl (C=O) groups is 1.